The number of benzene rings is 1. The number of methoxy groups -OCH3 is 1. The third-order valence-corrected chi connectivity index (χ3v) is 3.54. The zero-order valence-corrected chi connectivity index (χ0v) is 12.5. The fourth-order valence-electron chi connectivity index (χ4n) is 1.94. The Labute approximate surface area is 125 Å². The highest BCUT2D eigenvalue weighted by atomic mass is 79.9. The van der Waals surface area contributed by atoms with E-state index in [1.54, 1.807) is 42.3 Å². The molecule has 0 spiro atoms. The molecule has 0 bridgehead atoms. The summed E-state index contributed by atoms with van der Waals surface area (Å²) >= 11 is 3.39. The van der Waals surface area contributed by atoms with Crippen LogP contribution >= 0.6 is 15.9 Å². The molecule has 0 fully saturated rings. The number of halogens is 1. The summed E-state index contributed by atoms with van der Waals surface area (Å²) in [6.45, 7) is 1.05. The van der Waals surface area contributed by atoms with Gasteiger partial charge < -0.3 is 9.84 Å². The van der Waals surface area contributed by atoms with Crippen molar-refractivity contribution >= 4 is 15.9 Å². The number of hydrogen-bond donors (Lipinski definition) is 1. The second-order valence-electron chi connectivity index (χ2n) is 4.23. The lowest BCUT2D eigenvalue weighted by Crippen LogP contribution is -2.13. The molecular formula is C14H14BrN3O2. The molecule has 1 aromatic carbocycles. The van der Waals surface area contributed by atoms with Gasteiger partial charge in [0.05, 0.1) is 41.1 Å². The van der Waals surface area contributed by atoms with E-state index in [1.807, 2.05) is 0 Å². The SMILES string of the molecule is COCCn1ncc(Br)c1C(O)c1cccc(C#N)c1. The van der Waals surface area contributed by atoms with Crippen LogP contribution in [0.25, 0.3) is 0 Å². The molecule has 1 aromatic heterocycles. The first-order valence-electron chi connectivity index (χ1n) is 6.05. The van der Waals surface area contributed by atoms with Crippen LogP contribution in [-0.4, -0.2) is 28.6 Å². The Morgan fingerprint density at radius 1 is 1.55 bits per heavy atom. The molecule has 5 nitrogen and oxygen atoms in total. The lowest BCUT2D eigenvalue weighted by atomic mass is 10.0. The Hall–Kier alpha value is -1.68. The molecule has 104 valence electrons. The van der Waals surface area contributed by atoms with Crippen molar-refractivity contribution in [3.05, 3.63) is 51.8 Å². The van der Waals surface area contributed by atoms with Gasteiger partial charge in [0.2, 0.25) is 0 Å². The Morgan fingerprint density at radius 3 is 3.05 bits per heavy atom. The van der Waals surface area contributed by atoms with Crippen LogP contribution in [0.5, 0.6) is 0 Å². The van der Waals surface area contributed by atoms with Crippen LogP contribution in [0.3, 0.4) is 0 Å². The highest BCUT2D eigenvalue weighted by Crippen LogP contribution is 2.28. The van der Waals surface area contributed by atoms with E-state index in [0.717, 1.165) is 4.47 Å². The summed E-state index contributed by atoms with van der Waals surface area (Å²) in [6, 6.07) is 8.97. The number of aromatic nitrogens is 2. The minimum absolute atomic E-state index is 0.506. The first-order chi connectivity index (χ1) is 9.67. The number of aliphatic hydroxyl groups excluding tert-OH is 1. The van der Waals surface area contributed by atoms with Gasteiger partial charge >= 0.3 is 0 Å². The van der Waals surface area contributed by atoms with Crippen molar-refractivity contribution in [2.24, 2.45) is 0 Å². The molecule has 1 atom stereocenters. The van der Waals surface area contributed by atoms with Crippen LogP contribution in [0, 0.1) is 11.3 Å². The van der Waals surface area contributed by atoms with Crippen LogP contribution in [0.2, 0.25) is 0 Å². The summed E-state index contributed by atoms with van der Waals surface area (Å²) in [6.07, 6.45) is 0.791. The predicted octanol–water partition coefficient (Wildman–Crippen LogP) is 2.25. The summed E-state index contributed by atoms with van der Waals surface area (Å²) in [7, 11) is 1.62. The zero-order chi connectivity index (χ0) is 14.5. The van der Waals surface area contributed by atoms with E-state index in [-0.39, 0.29) is 0 Å². The number of hydrogen-bond acceptors (Lipinski definition) is 4. The number of nitrogens with zero attached hydrogens (tertiary/aromatic N) is 3. The first-order valence-corrected chi connectivity index (χ1v) is 6.85. The normalized spacial score (nSPS) is 12.1. The van der Waals surface area contributed by atoms with E-state index in [4.69, 9.17) is 10.00 Å². The summed E-state index contributed by atoms with van der Waals surface area (Å²) in [5.41, 5.74) is 1.82. The van der Waals surface area contributed by atoms with Crippen molar-refractivity contribution in [1.82, 2.24) is 9.78 Å². The molecule has 2 aromatic rings. The summed E-state index contributed by atoms with van der Waals surface area (Å²) < 4.78 is 7.45. The van der Waals surface area contributed by atoms with Crippen LogP contribution in [-0.2, 0) is 11.3 Å². The molecule has 2 rings (SSSR count). The molecule has 0 saturated carbocycles. The lowest BCUT2D eigenvalue weighted by molar-refractivity contribution is 0.171. The Morgan fingerprint density at radius 2 is 2.35 bits per heavy atom. The highest BCUT2D eigenvalue weighted by Gasteiger charge is 2.19. The van der Waals surface area contributed by atoms with Crippen LogP contribution in [0.15, 0.2) is 34.9 Å². The van der Waals surface area contributed by atoms with E-state index in [1.165, 1.54) is 0 Å². The molecule has 20 heavy (non-hydrogen) atoms. The Bertz CT molecular complexity index is 634. The van der Waals surface area contributed by atoms with Crippen molar-refractivity contribution in [2.45, 2.75) is 12.6 Å². The van der Waals surface area contributed by atoms with Gasteiger partial charge in [-0.15, -0.1) is 0 Å². The van der Waals surface area contributed by atoms with Crippen molar-refractivity contribution < 1.29 is 9.84 Å². The molecule has 1 heterocycles. The van der Waals surface area contributed by atoms with Crippen molar-refractivity contribution in [3.63, 3.8) is 0 Å². The fraction of sp³-hybridized carbons (Fsp3) is 0.286. The van der Waals surface area contributed by atoms with Gasteiger partial charge in [-0.2, -0.15) is 10.4 Å². The number of nitriles is 1. The summed E-state index contributed by atoms with van der Waals surface area (Å²) in [5, 5.41) is 23.7. The van der Waals surface area contributed by atoms with E-state index in [9.17, 15) is 5.11 Å². The van der Waals surface area contributed by atoms with E-state index in [2.05, 4.69) is 27.1 Å². The van der Waals surface area contributed by atoms with Crippen LogP contribution < -0.4 is 0 Å². The molecule has 0 aliphatic carbocycles. The smallest absolute Gasteiger partial charge is 0.122 e. The topological polar surface area (TPSA) is 71.1 Å². The molecule has 0 amide bonds. The van der Waals surface area contributed by atoms with Gasteiger partial charge in [0.25, 0.3) is 0 Å². The van der Waals surface area contributed by atoms with Gasteiger partial charge in [-0.05, 0) is 33.6 Å². The molecule has 1 unspecified atom stereocenters. The molecule has 6 heteroatoms. The standard InChI is InChI=1S/C14H14BrN3O2/c1-20-6-5-18-13(12(15)9-17-18)14(19)11-4-2-3-10(7-11)8-16/h2-4,7,9,14,19H,5-6H2,1H3. The van der Waals surface area contributed by atoms with E-state index >= 15 is 0 Å². The lowest BCUT2D eigenvalue weighted by Gasteiger charge is -2.14. The maximum Gasteiger partial charge on any atom is 0.122 e. The summed E-state index contributed by atoms with van der Waals surface area (Å²) in [5.74, 6) is 0. The predicted molar refractivity (Wildman–Crippen MR) is 77.0 cm³/mol. The molecule has 0 saturated heterocycles. The zero-order valence-electron chi connectivity index (χ0n) is 11.0. The third-order valence-electron chi connectivity index (χ3n) is 2.93. The molecular weight excluding hydrogens is 322 g/mol. The molecule has 0 aliphatic heterocycles. The average molecular weight is 336 g/mol. The molecule has 1 N–H and O–H groups in total. The Balaban J connectivity index is 2.34. The maximum absolute atomic E-state index is 10.5. The van der Waals surface area contributed by atoms with Gasteiger partial charge in [-0.1, -0.05) is 12.1 Å². The maximum atomic E-state index is 10.5. The first kappa shape index (κ1) is 14.7. The van der Waals surface area contributed by atoms with E-state index in [0.29, 0.717) is 30.0 Å². The number of aliphatic hydroxyl groups is 1. The minimum atomic E-state index is -0.850. The van der Waals surface area contributed by atoms with E-state index < -0.39 is 6.10 Å². The minimum Gasteiger partial charge on any atom is -0.383 e. The fourth-order valence-corrected chi connectivity index (χ4v) is 2.45. The largest absolute Gasteiger partial charge is 0.383 e. The number of rotatable bonds is 5. The van der Waals surface area contributed by atoms with Gasteiger partial charge in [0.1, 0.15) is 6.10 Å². The van der Waals surface area contributed by atoms with Gasteiger partial charge in [0, 0.05) is 7.11 Å². The second-order valence-corrected chi connectivity index (χ2v) is 5.09. The van der Waals surface area contributed by atoms with Crippen molar-refractivity contribution in [1.29, 1.82) is 5.26 Å². The second kappa shape index (κ2) is 6.66. The third kappa shape index (κ3) is 3.07. The molecule has 0 aliphatic rings. The van der Waals surface area contributed by atoms with Gasteiger partial charge in [-0.25, -0.2) is 0 Å². The summed E-state index contributed by atoms with van der Waals surface area (Å²) in [4.78, 5) is 0. The van der Waals surface area contributed by atoms with Crippen molar-refractivity contribution in [2.75, 3.05) is 13.7 Å². The van der Waals surface area contributed by atoms with Gasteiger partial charge in [-0.3, -0.25) is 4.68 Å². The average Bonchev–Trinajstić information content (AvgIpc) is 2.85. The van der Waals surface area contributed by atoms with Gasteiger partial charge in [0.15, 0.2) is 0 Å². The van der Waals surface area contributed by atoms with Crippen LogP contribution in [0.4, 0.5) is 0 Å². The highest BCUT2D eigenvalue weighted by molar-refractivity contribution is 9.10. The van der Waals surface area contributed by atoms with Crippen LogP contribution in [0.1, 0.15) is 22.9 Å². The monoisotopic (exact) mass is 335 g/mol. The number of ether oxygens (including phenoxy) is 1. The molecule has 0 radical (unpaired) electrons. The Kier molecular flexibility index (Phi) is 4.90. The quantitative estimate of drug-likeness (QED) is 0.909. The van der Waals surface area contributed by atoms with Crippen molar-refractivity contribution in [3.8, 4) is 6.07 Å².